The lowest BCUT2D eigenvalue weighted by molar-refractivity contribution is 0.487. The molecule has 114 valence electrons. The summed E-state index contributed by atoms with van der Waals surface area (Å²) < 4.78 is 51.1. The van der Waals surface area contributed by atoms with Crippen LogP contribution in [0.15, 0.2) is 23.4 Å². The van der Waals surface area contributed by atoms with Gasteiger partial charge in [-0.25, -0.2) is 17.2 Å². The fourth-order valence-electron chi connectivity index (χ4n) is 1.87. The second-order valence-electron chi connectivity index (χ2n) is 4.87. The van der Waals surface area contributed by atoms with E-state index < -0.39 is 25.8 Å². The summed E-state index contributed by atoms with van der Waals surface area (Å²) in [5.41, 5.74) is -0.0453. The zero-order chi connectivity index (χ0) is 15.8. The molecule has 0 aliphatic heterocycles. The Morgan fingerprint density at radius 3 is 2.48 bits per heavy atom. The van der Waals surface area contributed by atoms with Gasteiger partial charge in [-0.2, -0.15) is 0 Å². The van der Waals surface area contributed by atoms with E-state index in [4.69, 9.17) is 10.7 Å². The molecule has 1 heterocycles. The van der Waals surface area contributed by atoms with E-state index in [0.29, 0.717) is 6.07 Å². The van der Waals surface area contributed by atoms with Crippen molar-refractivity contribution in [1.29, 1.82) is 0 Å². The fourth-order valence-corrected chi connectivity index (χ4v) is 2.77. The summed E-state index contributed by atoms with van der Waals surface area (Å²) in [7, 11) is 1.19. The topological polar surface area (TPSA) is 64.8 Å². The lowest BCUT2D eigenvalue weighted by Crippen LogP contribution is -2.12. The maximum Gasteiger partial charge on any atom is 0.296 e. The van der Waals surface area contributed by atoms with Gasteiger partial charge in [0.25, 0.3) is 14.2 Å². The molecule has 5 nitrogen and oxygen atoms in total. The predicted octanol–water partition coefficient (Wildman–Crippen LogP) is 2.81. The normalized spacial score (nSPS) is 12.1. The van der Waals surface area contributed by atoms with Gasteiger partial charge in [0.2, 0.25) is 0 Å². The first-order valence-corrected chi connectivity index (χ1v) is 8.34. The van der Waals surface area contributed by atoms with Gasteiger partial charge in [-0.3, -0.25) is 4.57 Å². The van der Waals surface area contributed by atoms with Crippen molar-refractivity contribution in [2.45, 2.75) is 25.5 Å². The first-order valence-electron chi connectivity index (χ1n) is 6.03. The van der Waals surface area contributed by atoms with Crippen LogP contribution in [-0.4, -0.2) is 23.2 Å². The van der Waals surface area contributed by atoms with E-state index in [9.17, 15) is 17.2 Å². The van der Waals surface area contributed by atoms with Gasteiger partial charge < -0.3 is 0 Å². The molecule has 0 unspecified atom stereocenters. The van der Waals surface area contributed by atoms with E-state index in [0.717, 1.165) is 6.07 Å². The summed E-state index contributed by atoms with van der Waals surface area (Å²) in [5, 5.41) is 6.73. The van der Waals surface area contributed by atoms with Crippen LogP contribution < -0.4 is 0 Å². The van der Waals surface area contributed by atoms with Gasteiger partial charge in [-0.05, 0) is 18.1 Å². The Morgan fingerprint density at radius 2 is 1.95 bits per heavy atom. The van der Waals surface area contributed by atoms with Gasteiger partial charge in [-0.15, -0.1) is 10.2 Å². The first kappa shape index (κ1) is 15.8. The molecule has 0 radical (unpaired) electrons. The quantitative estimate of drug-likeness (QED) is 0.806. The largest absolute Gasteiger partial charge is 0.296 e. The lowest BCUT2D eigenvalue weighted by atomic mass is 10.1. The highest BCUT2D eigenvalue weighted by Crippen LogP contribution is 2.26. The Morgan fingerprint density at radius 1 is 1.29 bits per heavy atom. The molecule has 0 saturated heterocycles. The monoisotopic (exact) mass is 335 g/mol. The molecular formula is C12H12ClF2N3O2S. The second kappa shape index (κ2) is 5.69. The van der Waals surface area contributed by atoms with E-state index in [1.807, 2.05) is 13.8 Å². The van der Waals surface area contributed by atoms with Crippen LogP contribution in [0.25, 0.3) is 11.4 Å². The average molecular weight is 336 g/mol. The molecule has 2 rings (SSSR count). The third-order valence-corrected chi connectivity index (χ3v) is 3.81. The summed E-state index contributed by atoms with van der Waals surface area (Å²) in [4.78, 5) is 0. The Labute approximate surface area is 125 Å². The van der Waals surface area contributed by atoms with Crippen LogP contribution in [-0.2, 0) is 15.6 Å². The van der Waals surface area contributed by atoms with E-state index in [1.54, 1.807) is 0 Å². The summed E-state index contributed by atoms with van der Waals surface area (Å²) in [6, 6.07) is 2.93. The minimum absolute atomic E-state index is 0.0135. The summed E-state index contributed by atoms with van der Waals surface area (Å²) >= 11 is 0. The molecule has 0 saturated carbocycles. The van der Waals surface area contributed by atoms with Crippen molar-refractivity contribution in [3.8, 4) is 11.4 Å². The summed E-state index contributed by atoms with van der Waals surface area (Å²) in [6.45, 7) is 3.91. The van der Waals surface area contributed by atoms with Crippen LogP contribution in [0.3, 0.4) is 0 Å². The average Bonchev–Trinajstić information content (AvgIpc) is 2.71. The SMILES string of the molecule is CC(C)Cn1c(-c2ccc(F)cc2F)nnc1S(=O)(=O)Cl. The summed E-state index contributed by atoms with van der Waals surface area (Å²) in [5.74, 6) is -1.57. The van der Waals surface area contributed by atoms with Crippen molar-refractivity contribution < 1.29 is 17.2 Å². The standard InChI is InChI=1S/C12H12ClF2N3O2S/c1-7(2)6-18-11(16-17-12(18)21(13,19)20)9-4-3-8(14)5-10(9)15/h3-5,7H,6H2,1-2H3. The number of hydrogen-bond donors (Lipinski definition) is 0. The third kappa shape index (κ3) is 3.38. The number of aromatic nitrogens is 3. The molecule has 0 aliphatic carbocycles. The van der Waals surface area contributed by atoms with Crippen LogP contribution in [0.5, 0.6) is 0 Å². The van der Waals surface area contributed by atoms with E-state index >= 15 is 0 Å². The Bertz CT molecular complexity index is 775. The van der Waals surface area contributed by atoms with Crippen LogP contribution >= 0.6 is 10.7 Å². The molecule has 1 aromatic heterocycles. The molecule has 2 aromatic rings. The molecule has 0 aliphatic rings. The van der Waals surface area contributed by atoms with Crippen molar-refractivity contribution >= 4 is 19.7 Å². The minimum Gasteiger partial charge on any atom is -0.296 e. The second-order valence-corrected chi connectivity index (χ2v) is 7.33. The van der Waals surface area contributed by atoms with Gasteiger partial charge in [0, 0.05) is 23.3 Å². The van der Waals surface area contributed by atoms with E-state index in [1.165, 1.54) is 10.6 Å². The van der Waals surface area contributed by atoms with Gasteiger partial charge in [0.1, 0.15) is 11.6 Å². The first-order chi connectivity index (χ1) is 9.70. The van der Waals surface area contributed by atoms with Gasteiger partial charge in [0.15, 0.2) is 5.82 Å². The van der Waals surface area contributed by atoms with Crippen LogP contribution in [0.2, 0.25) is 0 Å². The molecule has 1 aromatic carbocycles. The van der Waals surface area contributed by atoms with Crippen LogP contribution in [0.1, 0.15) is 13.8 Å². The molecule has 9 heteroatoms. The maximum atomic E-state index is 13.9. The van der Waals surface area contributed by atoms with Crippen molar-refractivity contribution in [2.24, 2.45) is 5.92 Å². The molecular weight excluding hydrogens is 324 g/mol. The summed E-state index contributed by atoms with van der Waals surface area (Å²) in [6.07, 6.45) is 0. The number of halogens is 3. The predicted molar refractivity (Wildman–Crippen MR) is 73.3 cm³/mol. The molecule has 0 amide bonds. The van der Waals surface area contributed by atoms with Crippen LogP contribution in [0, 0.1) is 17.6 Å². The number of rotatable bonds is 4. The minimum atomic E-state index is -4.12. The van der Waals surface area contributed by atoms with Crippen molar-refractivity contribution in [3.63, 3.8) is 0 Å². The Hall–Kier alpha value is -1.54. The van der Waals surface area contributed by atoms with Gasteiger partial charge in [0.05, 0.1) is 5.56 Å². The smallest absolute Gasteiger partial charge is 0.296 e. The van der Waals surface area contributed by atoms with Crippen molar-refractivity contribution in [3.05, 3.63) is 29.8 Å². The van der Waals surface area contributed by atoms with Crippen LogP contribution in [0.4, 0.5) is 8.78 Å². The number of hydrogen-bond acceptors (Lipinski definition) is 4. The zero-order valence-corrected chi connectivity index (χ0v) is 12.8. The molecule has 0 atom stereocenters. The molecule has 0 spiro atoms. The maximum absolute atomic E-state index is 13.9. The number of nitrogens with zero attached hydrogens (tertiary/aromatic N) is 3. The highest BCUT2D eigenvalue weighted by molar-refractivity contribution is 8.13. The van der Waals surface area contributed by atoms with Gasteiger partial charge in [-0.1, -0.05) is 13.8 Å². The van der Waals surface area contributed by atoms with Gasteiger partial charge >= 0.3 is 0 Å². The van der Waals surface area contributed by atoms with Crippen molar-refractivity contribution in [2.75, 3.05) is 0 Å². The fraction of sp³-hybridized carbons (Fsp3) is 0.333. The molecule has 0 bridgehead atoms. The number of benzene rings is 1. The Kier molecular flexibility index (Phi) is 4.29. The van der Waals surface area contributed by atoms with E-state index in [-0.39, 0.29) is 23.9 Å². The zero-order valence-electron chi connectivity index (χ0n) is 11.2. The lowest BCUT2D eigenvalue weighted by Gasteiger charge is -2.11. The third-order valence-electron chi connectivity index (χ3n) is 2.65. The molecule has 0 N–H and O–H groups in total. The Balaban J connectivity index is 2.66. The molecule has 0 fully saturated rings. The molecule has 21 heavy (non-hydrogen) atoms. The van der Waals surface area contributed by atoms with Crippen molar-refractivity contribution in [1.82, 2.24) is 14.8 Å². The van der Waals surface area contributed by atoms with E-state index in [2.05, 4.69) is 10.2 Å². The highest BCUT2D eigenvalue weighted by atomic mass is 35.7. The highest BCUT2D eigenvalue weighted by Gasteiger charge is 2.25.